The van der Waals surface area contributed by atoms with Gasteiger partial charge >= 0.3 is 6.03 Å². The smallest absolute Gasteiger partial charge is 0.319 e. The zero-order chi connectivity index (χ0) is 20.3. The zero-order valence-electron chi connectivity index (χ0n) is 16.4. The molecule has 1 aliphatic heterocycles. The van der Waals surface area contributed by atoms with Crippen LogP contribution < -0.4 is 10.6 Å². The molecule has 2 aromatic rings. The van der Waals surface area contributed by atoms with Gasteiger partial charge in [-0.05, 0) is 35.6 Å². The second-order valence-electron chi connectivity index (χ2n) is 7.84. The third kappa shape index (κ3) is 4.06. The molecule has 0 atom stereocenters. The van der Waals surface area contributed by atoms with Crippen molar-refractivity contribution in [1.29, 1.82) is 0 Å². The van der Waals surface area contributed by atoms with Crippen LogP contribution in [0.15, 0.2) is 48.5 Å². The average Bonchev–Trinajstić information content (AvgIpc) is 2.90. The number of rotatable bonds is 5. The molecule has 2 N–H and O–H groups in total. The summed E-state index contributed by atoms with van der Waals surface area (Å²) in [7, 11) is 0. The molecule has 6 heteroatoms. The van der Waals surface area contributed by atoms with Gasteiger partial charge in [-0.15, -0.1) is 0 Å². The van der Waals surface area contributed by atoms with Gasteiger partial charge in [0.25, 0.3) is 11.8 Å². The SMILES string of the molecule is CC(C)(C)c1ccccc1NC(=O)NCCCN1C(=O)c2ccccc2C1=O. The van der Waals surface area contributed by atoms with Gasteiger partial charge in [0.05, 0.1) is 11.1 Å². The second-order valence-corrected chi connectivity index (χ2v) is 7.84. The van der Waals surface area contributed by atoms with Crippen molar-refractivity contribution in [2.24, 2.45) is 0 Å². The van der Waals surface area contributed by atoms with Gasteiger partial charge in [-0.25, -0.2) is 4.79 Å². The molecule has 0 bridgehead atoms. The summed E-state index contributed by atoms with van der Waals surface area (Å²) in [5.74, 6) is -0.548. The number of para-hydroxylation sites is 1. The van der Waals surface area contributed by atoms with Gasteiger partial charge in [0, 0.05) is 18.8 Å². The minimum absolute atomic E-state index is 0.0879. The van der Waals surface area contributed by atoms with Gasteiger partial charge in [0.1, 0.15) is 0 Å². The number of anilines is 1. The van der Waals surface area contributed by atoms with Crippen LogP contribution in [-0.2, 0) is 5.41 Å². The first-order valence-corrected chi connectivity index (χ1v) is 9.38. The van der Waals surface area contributed by atoms with E-state index in [2.05, 4.69) is 31.4 Å². The summed E-state index contributed by atoms with van der Waals surface area (Å²) in [5.41, 5.74) is 2.62. The van der Waals surface area contributed by atoms with E-state index in [1.54, 1.807) is 24.3 Å². The number of fused-ring (bicyclic) bond motifs is 1. The topological polar surface area (TPSA) is 78.5 Å². The number of carbonyl (C=O) groups excluding carboxylic acids is 3. The molecule has 0 radical (unpaired) electrons. The first kappa shape index (κ1) is 19.6. The van der Waals surface area contributed by atoms with Crippen LogP contribution in [0.4, 0.5) is 10.5 Å². The van der Waals surface area contributed by atoms with Crippen molar-refractivity contribution in [3.63, 3.8) is 0 Å². The number of benzene rings is 2. The van der Waals surface area contributed by atoms with E-state index in [9.17, 15) is 14.4 Å². The second kappa shape index (κ2) is 7.84. The van der Waals surface area contributed by atoms with Crippen molar-refractivity contribution in [1.82, 2.24) is 10.2 Å². The Kier molecular flexibility index (Phi) is 5.49. The van der Waals surface area contributed by atoms with Gasteiger partial charge in [-0.2, -0.15) is 0 Å². The van der Waals surface area contributed by atoms with Gasteiger partial charge in [0.2, 0.25) is 0 Å². The van der Waals surface area contributed by atoms with Crippen molar-refractivity contribution in [2.75, 3.05) is 18.4 Å². The molecule has 0 saturated heterocycles. The van der Waals surface area contributed by atoms with Crippen LogP contribution in [0.25, 0.3) is 0 Å². The Morgan fingerprint density at radius 2 is 1.50 bits per heavy atom. The van der Waals surface area contributed by atoms with E-state index in [1.807, 2.05) is 24.3 Å². The molecule has 146 valence electrons. The van der Waals surface area contributed by atoms with E-state index in [0.29, 0.717) is 24.1 Å². The number of hydrogen-bond acceptors (Lipinski definition) is 3. The Hall–Kier alpha value is -3.15. The molecule has 2 aromatic carbocycles. The predicted molar refractivity (Wildman–Crippen MR) is 109 cm³/mol. The van der Waals surface area contributed by atoms with Crippen LogP contribution in [0.2, 0.25) is 0 Å². The zero-order valence-corrected chi connectivity index (χ0v) is 16.4. The summed E-state index contributed by atoms with van der Waals surface area (Å²) < 4.78 is 0. The fourth-order valence-electron chi connectivity index (χ4n) is 3.29. The lowest BCUT2D eigenvalue weighted by molar-refractivity contribution is 0.0653. The molecule has 0 spiro atoms. The molecule has 0 aromatic heterocycles. The van der Waals surface area contributed by atoms with Crippen LogP contribution in [-0.4, -0.2) is 35.8 Å². The highest BCUT2D eigenvalue weighted by Gasteiger charge is 2.34. The maximum Gasteiger partial charge on any atom is 0.319 e. The lowest BCUT2D eigenvalue weighted by atomic mass is 9.86. The van der Waals surface area contributed by atoms with E-state index in [1.165, 1.54) is 4.90 Å². The minimum atomic E-state index is -0.306. The molecule has 3 rings (SSSR count). The van der Waals surface area contributed by atoms with E-state index in [4.69, 9.17) is 0 Å². The molecular formula is C22H25N3O3. The standard InChI is InChI=1S/C22H25N3O3/c1-22(2,3)17-11-6-7-12-18(17)24-21(28)23-13-8-14-25-19(26)15-9-4-5-10-16(15)20(25)27/h4-7,9-12H,8,13-14H2,1-3H3,(H2,23,24,28). The number of imide groups is 1. The summed E-state index contributed by atoms with van der Waals surface area (Å²) in [6.07, 6.45) is 0.486. The number of nitrogens with one attached hydrogen (secondary N) is 2. The van der Waals surface area contributed by atoms with Crippen molar-refractivity contribution in [3.05, 3.63) is 65.2 Å². The molecule has 4 amide bonds. The summed E-state index contributed by atoms with van der Waals surface area (Å²) in [4.78, 5) is 38.1. The molecular weight excluding hydrogens is 354 g/mol. The predicted octanol–water partition coefficient (Wildman–Crippen LogP) is 3.79. The van der Waals surface area contributed by atoms with E-state index in [-0.39, 0.29) is 29.8 Å². The van der Waals surface area contributed by atoms with Crippen molar-refractivity contribution < 1.29 is 14.4 Å². The first-order chi connectivity index (χ1) is 13.3. The highest BCUT2D eigenvalue weighted by atomic mass is 16.2. The molecule has 0 fully saturated rings. The Morgan fingerprint density at radius 3 is 2.11 bits per heavy atom. The van der Waals surface area contributed by atoms with E-state index >= 15 is 0 Å². The first-order valence-electron chi connectivity index (χ1n) is 9.38. The highest BCUT2D eigenvalue weighted by Crippen LogP contribution is 2.29. The van der Waals surface area contributed by atoms with Gasteiger partial charge in [-0.1, -0.05) is 51.1 Å². The molecule has 1 heterocycles. The molecule has 0 aliphatic carbocycles. The summed E-state index contributed by atoms with van der Waals surface area (Å²) >= 11 is 0. The third-order valence-corrected chi connectivity index (χ3v) is 4.71. The average molecular weight is 379 g/mol. The Labute approximate surface area is 164 Å². The van der Waals surface area contributed by atoms with E-state index < -0.39 is 0 Å². The highest BCUT2D eigenvalue weighted by molar-refractivity contribution is 6.21. The van der Waals surface area contributed by atoms with Crippen molar-refractivity contribution in [2.45, 2.75) is 32.6 Å². The Morgan fingerprint density at radius 1 is 0.929 bits per heavy atom. The van der Waals surface area contributed by atoms with Crippen LogP contribution in [0.3, 0.4) is 0 Å². The van der Waals surface area contributed by atoms with Gasteiger partial charge in [0.15, 0.2) is 0 Å². The quantitative estimate of drug-likeness (QED) is 0.613. The molecule has 0 unspecified atom stereocenters. The van der Waals surface area contributed by atoms with Crippen molar-refractivity contribution >= 4 is 23.5 Å². The molecule has 28 heavy (non-hydrogen) atoms. The number of amides is 4. The fraction of sp³-hybridized carbons (Fsp3) is 0.318. The van der Waals surface area contributed by atoms with Crippen LogP contribution in [0.5, 0.6) is 0 Å². The summed E-state index contributed by atoms with van der Waals surface area (Å²) in [6.45, 7) is 6.90. The van der Waals surface area contributed by atoms with Crippen molar-refractivity contribution in [3.8, 4) is 0 Å². The van der Waals surface area contributed by atoms with Crippen LogP contribution in [0, 0.1) is 0 Å². The largest absolute Gasteiger partial charge is 0.338 e. The summed E-state index contributed by atoms with van der Waals surface area (Å²) in [5, 5.41) is 5.66. The van der Waals surface area contributed by atoms with Crippen LogP contribution in [0.1, 0.15) is 53.5 Å². The molecule has 1 aliphatic rings. The maximum absolute atomic E-state index is 12.3. The van der Waals surface area contributed by atoms with Gasteiger partial charge < -0.3 is 10.6 Å². The lowest BCUT2D eigenvalue weighted by Crippen LogP contribution is -2.35. The Bertz CT molecular complexity index is 880. The number of hydrogen-bond donors (Lipinski definition) is 2. The number of carbonyl (C=O) groups is 3. The number of urea groups is 1. The maximum atomic E-state index is 12.3. The normalized spacial score (nSPS) is 13.5. The summed E-state index contributed by atoms with van der Waals surface area (Å²) in [6, 6.07) is 14.2. The Balaban J connectivity index is 1.50. The number of nitrogens with zero attached hydrogens (tertiary/aromatic N) is 1. The monoisotopic (exact) mass is 379 g/mol. The molecule has 6 nitrogen and oxygen atoms in total. The fourth-order valence-corrected chi connectivity index (χ4v) is 3.29. The van der Waals surface area contributed by atoms with Crippen LogP contribution >= 0.6 is 0 Å². The molecule has 0 saturated carbocycles. The van der Waals surface area contributed by atoms with E-state index in [0.717, 1.165) is 11.3 Å². The lowest BCUT2D eigenvalue weighted by Gasteiger charge is -2.23. The minimum Gasteiger partial charge on any atom is -0.338 e. The third-order valence-electron chi connectivity index (χ3n) is 4.71. The van der Waals surface area contributed by atoms with Gasteiger partial charge in [-0.3, -0.25) is 14.5 Å².